The van der Waals surface area contributed by atoms with Crippen molar-refractivity contribution in [3.8, 4) is 5.88 Å². The van der Waals surface area contributed by atoms with Gasteiger partial charge in [0.25, 0.3) is 0 Å². The van der Waals surface area contributed by atoms with Crippen molar-refractivity contribution in [1.29, 1.82) is 0 Å². The van der Waals surface area contributed by atoms with Crippen molar-refractivity contribution in [3.05, 3.63) is 6.20 Å². The van der Waals surface area contributed by atoms with Crippen LogP contribution in [0.25, 0.3) is 0 Å². The van der Waals surface area contributed by atoms with Crippen LogP contribution in [0.4, 0.5) is 10.1 Å². The fourth-order valence-corrected chi connectivity index (χ4v) is 1.09. The second kappa shape index (κ2) is 2.11. The van der Waals surface area contributed by atoms with Crippen molar-refractivity contribution in [1.82, 2.24) is 9.78 Å². The van der Waals surface area contributed by atoms with Gasteiger partial charge >= 0.3 is 0 Å². The number of hydrogen-bond acceptors (Lipinski definition) is 3. The molecule has 2 N–H and O–H groups in total. The van der Waals surface area contributed by atoms with E-state index in [1.54, 1.807) is 0 Å². The molecule has 0 unspecified atom stereocenters. The maximum atomic E-state index is 12.6. The topological polar surface area (TPSA) is 53.1 Å². The molecule has 0 amide bonds. The number of nitrogen functional groups attached to an aromatic ring is 1. The monoisotopic (exact) mass is 157 g/mol. The minimum absolute atomic E-state index is 0.0793. The highest BCUT2D eigenvalue weighted by atomic mass is 19.1. The molecule has 60 valence electrons. The van der Waals surface area contributed by atoms with Gasteiger partial charge in [0.2, 0.25) is 5.88 Å². The van der Waals surface area contributed by atoms with Crippen molar-refractivity contribution < 1.29 is 9.13 Å². The van der Waals surface area contributed by atoms with Crippen LogP contribution < -0.4 is 10.5 Å². The van der Waals surface area contributed by atoms with Crippen LogP contribution in [-0.2, 0) is 6.54 Å². The normalized spacial score (nSPS) is 22.5. The van der Waals surface area contributed by atoms with Gasteiger partial charge in [-0.15, -0.1) is 0 Å². The molecular formula is C6H8FN3O. The van der Waals surface area contributed by atoms with Gasteiger partial charge < -0.3 is 10.5 Å². The first-order valence-corrected chi connectivity index (χ1v) is 3.35. The van der Waals surface area contributed by atoms with E-state index >= 15 is 0 Å². The molecule has 1 aromatic rings. The Morgan fingerprint density at radius 2 is 2.64 bits per heavy atom. The SMILES string of the molecule is Nc1cnn2c1OC[C@@H](F)C2. The Morgan fingerprint density at radius 3 is 3.45 bits per heavy atom. The number of alkyl halides is 1. The molecule has 0 radical (unpaired) electrons. The van der Waals surface area contributed by atoms with Crippen LogP contribution >= 0.6 is 0 Å². The third-order valence-corrected chi connectivity index (χ3v) is 1.59. The summed E-state index contributed by atoms with van der Waals surface area (Å²) in [6, 6.07) is 0. The van der Waals surface area contributed by atoms with Gasteiger partial charge in [-0.2, -0.15) is 5.10 Å². The molecule has 0 spiro atoms. The van der Waals surface area contributed by atoms with Crippen molar-refractivity contribution in [3.63, 3.8) is 0 Å². The fourth-order valence-electron chi connectivity index (χ4n) is 1.09. The van der Waals surface area contributed by atoms with Crippen LogP contribution in [-0.4, -0.2) is 22.6 Å². The lowest BCUT2D eigenvalue weighted by Crippen LogP contribution is -2.27. The highest BCUT2D eigenvalue weighted by Crippen LogP contribution is 2.24. The highest BCUT2D eigenvalue weighted by molar-refractivity contribution is 5.46. The van der Waals surface area contributed by atoms with Gasteiger partial charge in [-0.3, -0.25) is 0 Å². The predicted molar refractivity (Wildman–Crippen MR) is 37.0 cm³/mol. The molecular weight excluding hydrogens is 149 g/mol. The minimum Gasteiger partial charge on any atom is -0.473 e. The first-order valence-electron chi connectivity index (χ1n) is 3.35. The lowest BCUT2D eigenvalue weighted by atomic mass is 10.4. The number of hydrogen-bond donors (Lipinski definition) is 1. The maximum Gasteiger partial charge on any atom is 0.235 e. The van der Waals surface area contributed by atoms with Gasteiger partial charge in [-0.05, 0) is 0 Å². The number of nitrogens with two attached hydrogens (primary N) is 1. The number of halogens is 1. The fraction of sp³-hybridized carbons (Fsp3) is 0.500. The van der Waals surface area contributed by atoms with Crippen LogP contribution in [0.2, 0.25) is 0 Å². The highest BCUT2D eigenvalue weighted by Gasteiger charge is 2.21. The van der Waals surface area contributed by atoms with Crippen molar-refractivity contribution >= 4 is 5.69 Å². The minimum atomic E-state index is -0.971. The largest absolute Gasteiger partial charge is 0.473 e. The van der Waals surface area contributed by atoms with Crippen molar-refractivity contribution in [2.75, 3.05) is 12.3 Å². The molecule has 1 aromatic heterocycles. The molecule has 0 fully saturated rings. The van der Waals surface area contributed by atoms with Gasteiger partial charge in [-0.1, -0.05) is 0 Å². The van der Waals surface area contributed by atoms with E-state index in [9.17, 15) is 4.39 Å². The van der Waals surface area contributed by atoms with Gasteiger partial charge in [0, 0.05) is 0 Å². The Balaban J connectivity index is 2.36. The Labute approximate surface area is 62.7 Å². The predicted octanol–water partition coefficient (Wildman–Crippen LogP) is 0.196. The molecule has 4 nitrogen and oxygen atoms in total. The molecule has 1 aliphatic heterocycles. The van der Waals surface area contributed by atoms with Crippen LogP contribution in [0, 0.1) is 0 Å². The number of ether oxygens (including phenoxy) is 1. The number of anilines is 1. The van der Waals surface area contributed by atoms with E-state index in [0.717, 1.165) is 0 Å². The molecule has 2 heterocycles. The zero-order chi connectivity index (χ0) is 7.84. The maximum absolute atomic E-state index is 12.6. The van der Waals surface area contributed by atoms with E-state index in [0.29, 0.717) is 11.6 Å². The summed E-state index contributed by atoms with van der Waals surface area (Å²) in [5, 5.41) is 3.83. The summed E-state index contributed by atoms with van der Waals surface area (Å²) in [4.78, 5) is 0. The average Bonchev–Trinajstić information content (AvgIpc) is 2.32. The summed E-state index contributed by atoms with van der Waals surface area (Å²) >= 11 is 0. The van der Waals surface area contributed by atoms with Crippen molar-refractivity contribution in [2.24, 2.45) is 0 Å². The lowest BCUT2D eigenvalue weighted by Gasteiger charge is -2.18. The summed E-state index contributed by atoms with van der Waals surface area (Å²) in [6.45, 7) is 0.322. The molecule has 0 saturated heterocycles. The first-order chi connectivity index (χ1) is 5.27. The van der Waals surface area contributed by atoms with E-state index in [1.807, 2.05) is 0 Å². The third-order valence-electron chi connectivity index (χ3n) is 1.59. The lowest BCUT2D eigenvalue weighted by molar-refractivity contribution is 0.126. The zero-order valence-electron chi connectivity index (χ0n) is 5.83. The molecule has 1 atom stereocenters. The molecule has 1 aliphatic rings. The molecule has 0 saturated carbocycles. The second-order valence-electron chi connectivity index (χ2n) is 2.50. The Kier molecular flexibility index (Phi) is 1.24. The summed E-state index contributed by atoms with van der Waals surface area (Å²) in [5.41, 5.74) is 5.95. The van der Waals surface area contributed by atoms with E-state index in [1.165, 1.54) is 10.9 Å². The van der Waals surface area contributed by atoms with E-state index < -0.39 is 6.17 Å². The van der Waals surface area contributed by atoms with Gasteiger partial charge in [-0.25, -0.2) is 9.07 Å². The number of rotatable bonds is 0. The van der Waals surface area contributed by atoms with E-state index in [2.05, 4.69) is 5.10 Å². The second-order valence-corrected chi connectivity index (χ2v) is 2.50. The van der Waals surface area contributed by atoms with Gasteiger partial charge in [0.15, 0.2) is 6.17 Å². The number of fused-ring (bicyclic) bond motifs is 1. The summed E-state index contributed by atoms with van der Waals surface area (Å²) < 4.78 is 19.1. The number of aromatic nitrogens is 2. The summed E-state index contributed by atoms with van der Waals surface area (Å²) in [5.74, 6) is 0.485. The molecule has 0 aromatic carbocycles. The van der Waals surface area contributed by atoms with E-state index in [4.69, 9.17) is 10.5 Å². The molecule has 5 heteroatoms. The molecule has 0 aliphatic carbocycles. The molecule has 0 bridgehead atoms. The van der Waals surface area contributed by atoms with Crippen LogP contribution in [0.1, 0.15) is 0 Å². The van der Waals surface area contributed by atoms with Crippen LogP contribution in [0.5, 0.6) is 5.88 Å². The van der Waals surface area contributed by atoms with Crippen molar-refractivity contribution in [2.45, 2.75) is 12.7 Å². The first kappa shape index (κ1) is 6.45. The summed E-state index contributed by atoms with van der Waals surface area (Å²) in [6.07, 6.45) is 0.495. The quantitative estimate of drug-likeness (QED) is 0.585. The summed E-state index contributed by atoms with van der Waals surface area (Å²) in [7, 11) is 0. The Hall–Kier alpha value is -1.26. The van der Waals surface area contributed by atoms with E-state index in [-0.39, 0.29) is 13.2 Å². The molecule has 11 heavy (non-hydrogen) atoms. The van der Waals surface area contributed by atoms with Gasteiger partial charge in [0.1, 0.15) is 12.3 Å². The Bertz CT molecular complexity index is 273. The smallest absolute Gasteiger partial charge is 0.235 e. The number of nitrogens with zero attached hydrogens (tertiary/aromatic N) is 2. The van der Waals surface area contributed by atoms with Crippen LogP contribution in [0.3, 0.4) is 0 Å². The zero-order valence-corrected chi connectivity index (χ0v) is 5.83. The standard InChI is InChI=1S/C6H8FN3O/c7-4-2-10-6(11-3-4)5(8)1-9-10/h1,4H,2-3,8H2/t4-/m0/s1. The Morgan fingerprint density at radius 1 is 1.82 bits per heavy atom. The molecule has 2 rings (SSSR count). The average molecular weight is 157 g/mol. The van der Waals surface area contributed by atoms with Gasteiger partial charge in [0.05, 0.1) is 12.7 Å². The van der Waals surface area contributed by atoms with Crippen LogP contribution in [0.15, 0.2) is 6.20 Å². The third kappa shape index (κ3) is 0.923.